The largest absolute Gasteiger partial charge is 0.309 e. The van der Waals surface area contributed by atoms with Crippen molar-refractivity contribution in [2.45, 2.75) is 0 Å². The molecule has 0 atom stereocenters. The van der Waals surface area contributed by atoms with Crippen molar-refractivity contribution in [2.75, 3.05) is 0 Å². The Labute approximate surface area is 304 Å². The molecule has 0 radical (unpaired) electrons. The number of nitrogens with zero attached hydrogens (tertiary/aromatic N) is 3. The smallest absolute Gasteiger partial charge is 0.0645 e. The Hall–Kier alpha value is -6.84. The van der Waals surface area contributed by atoms with Gasteiger partial charge in [0.25, 0.3) is 0 Å². The molecule has 3 aromatic heterocycles. The van der Waals surface area contributed by atoms with Gasteiger partial charge in [-0.2, -0.15) is 0 Å². The summed E-state index contributed by atoms with van der Waals surface area (Å²) in [4.78, 5) is 0. The molecule has 0 aliphatic rings. The molecule has 0 aliphatic heterocycles. The number of rotatable bonds is 4. The molecule has 0 unspecified atom stereocenters. The summed E-state index contributed by atoms with van der Waals surface area (Å²) in [5.41, 5.74) is 7.47. The van der Waals surface area contributed by atoms with E-state index in [2.05, 4.69) is 45.5 Å². The van der Waals surface area contributed by atoms with E-state index in [0.717, 1.165) is 55.0 Å². The van der Waals surface area contributed by atoms with Crippen LogP contribution in [-0.4, -0.2) is 13.7 Å². The predicted octanol–water partition coefficient (Wildman–Crippen LogP) is 12.6. The second kappa shape index (κ2) is 10.8. The first-order valence-electron chi connectivity index (χ1n) is 20.5. The molecule has 3 nitrogen and oxygen atoms in total. The fraction of sp³-hybridized carbons (Fsp3) is 0. The maximum atomic E-state index is 9.85. The van der Waals surface area contributed by atoms with Gasteiger partial charge in [-0.3, -0.25) is 0 Å². The first-order valence-corrected chi connectivity index (χ1v) is 17.0. The van der Waals surface area contributed by atoms with Crippen LogP contribution in [0.5, 0.6) is 0 Å². The van der Waals surface area contributed by atoms with Gasteiger partial charge in [0, 0.05) is 49.4 Å². The van der Waals surface area contributed by atoms with Gasteiger partial charge >= 0.3 is 0 Å². The van der Waals surface area contributed by atoms with Gasteiger partial charge in [0.2, 0.25) is 0 Å². The minimum atomic E-state index is -0.422. The van der Waals surface area contributed by atoms with Crippen LogP contribution in [0.15, 0.2) is 188 Å². The lowest BCUT2D eigenvalue weighted by Crippen LogP contribution is -1.96. The Morgan fingerprint density at radius 3 is 1.63 bits per heavy atom. The SMILES string of the molecule is [2H]c1c([2H])c([2H])c2c(c1[2H])c1c([2H])c(-c3ccc4c(c3)c3ccccc3n4-c3ccccc3)c([2H])c([2H])c1n2-c1ccc2c3ccccc3n(-c3ccccc3)c2c1. The minimum absolute atomic E-state index is 0.0737. The molecule has 238 valence electrons. The highest BCUT2D eigenvalue weighted by Gasteiger charge is 2.18. The number of benzene rings is 8. The van der Waals surface area contributed by atoms with Crippen LogP contribution < -0.4 is 0 Å². The molecular formula is C48H31N3. The van der Waals surface area contributed by atoms with E-state index < -0.39 is 12.1 Å². The molecule has 11 aromatic rings. The van der Waals surface area contributed by atoms with Gasteiger partial charge in [-0.25, -0.2) is 0 Å². The summed E-state index contributed by atoms with van der Waals surface area (Å²) in [6, 6.07) is 46.2. The third kappa shape index (κ3) is 4.12. The summed E-state index contributed by atoms with van der Waals surface area (Å²) in [7, 11) is 0. The fourth-order valence-electron chi connectivity index (χ4n) is 7.85. The predicted molar refractivity (Wildman–Crippen MR) is 215 cm³/mol. The molecule has 0 saturated heterocycles. The molecule has 51 heavy (non-hydrogen) atoms. The molecule has 0 bridgehead atoms. The van der Waals surface area contributed by atoms with Crippen molar-refractivity contribution in [1.82, 2.24) is 13.7 Å². The molecule has 0 saturated carbocycles. The van der Waals surface area contributed by atoms with Crippen LogP contribution in [0.3, 0.4) is 0 Å². The Morgan fingerprint density at radius 1 is 0.314 bits per heavy atom. The van der Waals surface area contributed by atoms with Gasteiger partial charge in [-0.15, -0.1) is 0 Å². The summed E-state index contributed by atoms with van der Waals surface area (Å²) in [5, 5.41) is 4.32. The van der Waals surface area contributed by atoms with E-state index in [-0.39, 0.29) is 57.6 Å². The summed E-state index contributed by atoms with van der Waals surface area (Å²) >= 11 is 0. The third-order valence-corrected chi connectivity index (χ3v) is 10.1. The Balaban J connectivity index is 1.23. The zero-order valence-corrected chi connectivity index (χ0v) is 27.2. The van der Waals surface area contributed by atoms with E-state index in [1.807, 2.05) is 109 Å². The van der Waals surface area contributed by atoms with E-state index >= 15 is 0 Å². The first-order chi connectivity index (χ1) is 28.2. The van der Waals surface area contributed by atoms with Crippen molar-refractivity contribution in [1.29, 1.82) is 0 Å². The summed E-state index contributed by atoms with van der Waals surface area (Å²) in [6.07, 6.45) is 0. The molecule has 0 amide bonds. The maximum Gasteiger partial charge on any atom is 0.0645 e. The zero-order chi connectivity index (χ0) is 39.6. The van der Waals surface area contributed by atoms with E-state index in [1.165, 1.54) is 0 Å². The van der Waals surface area contributed by atoms with Crippen LogP contribution in [0.25, 0.3) is 93.6 Å². The summed E-state index contributed by atoms with van der Waals surface area (Å²) in [5.74, 6) is 0. The van der Waals surface area contributed by atoms with Crippen molar-refractivity contribution in [2.24, 2.45) is 0 Å². The van der Waals surface area contributed by atoms with Gasteiger partial charge in [0.1, 0.15) is 0 Å². The van der Waals surface area contributed by atoms with Gasteiger partial charge < -0.3 is 13.7 Å². The van der Waals surface area contributed by atoms with Gasteiger partial charge in [-0.05, 0) is 89.9 Å². The fourth-order valence-corrected chi connectivity index (χ4v) is 7.85. The molecule has 11 rings (SSSR count). The Kier molecular flexibility index (Phi) is 4.67. The summed E-state index contributed by atoms with van der Waals surface area (Å²) < 4.78 is 71.0. The van der Waals surface area contributed by atoms with Crippen molar-refractivity contribution in [3.63, 3.8) is 0 Å². The minimum Gasteiger partial charge on any atom is -0.309 e. The van der Waals surface area contributed by atoms with Crippen LogP contribution >= 0.6 is 0 Å². The monoisotopic (exact) mass is 656 g/mol. The van der Waals surface area contributed by atoms with Crippen LogP contribution in [-0.2, 0) is 0 Å². The van der Waals surface area contributed by atoms with Gasteiger partial charge in [0.15, 0.2) is 0 Å². The molecule has 8 aromatic carbocycles. The highest BCUT2D eigenvalue weighted by atomic mass is 15.0. The second-order valence-electron chi connectivity index (χ2n) is 12.8. The number of hydrogen-bond acceptors (Lipinski definition) is 0. The van der Waals surface area contributed by atoms with E-state index in [0.29, 0.717) is 11.3 Å². The highest BCUT2D eigenvalue weighted by Crippen LogP contribution is 2.40. The lowest BCUT2D eigenvalue weighted by Gasteiger charge is -2.11. The summed E-state index contributed by atoms with van der Waals surface area (Å²) in [6.45, 7) is 0. The number of fused-ring (bicyclic) bond motifs is 9. The van der Waals surface area contributed by atoms with E-state index in [9.17, 15) is 6.85 Å². The van der Waals surface area contributed by atoms with E-state index in [1.54, 1.807) is 4.57 Å². The molecule has 0 spiro atoms. The molecular weight excluding hydrogens is 619 g/mol. The first kappa shape index (κ1) is 22.0. The second-order valence-corrected chi connectivity index (χ2v) is 12.8. The average Bonchev–Trinajstić information content (AvgIpc) is 3.91. The standard InChI is InChI=1S/C48H31N3/c1-3-13-34(14-4-1)49-44-21-11-8-18-38(44)41-29-32(23-27-46(41)49)33-24-28-47-42(30-33)39-19-9-12-22-45(39)51(47)36-25-26-40-37-17-7-10-20-43(37)50(48(40)31-36)35-15-5-2-6-16-35/h1-31H/i9D,12D,19D,22D,24D,28D,30D. The maximum absolute atomic E-state index is 9.85. The number of aromatic nitrogens is 3. The molecule has 0 aliphatic carbocycles. The van der Waals surface area contributed by atoms with E-state index in [4.69, 9.17) is 2.74 Å². The molecule has 0 fully saturated rings. The van der Waals surface area contributed by atoms with Crippen LogP contribution in [0, 0.1) is 0 Å². The number of hydrogen-bond donors (Lipinski definition) is 0. The van der Waals surface area contributed by atoms with Gasteiger partial charge in [-0.1, -0.05) is 109 Å². The zero-order valence-electron chi connectivity index (χ0n) is 34.2. The van der Waals surface area contributed by atoms with Crippen molar-refractivity contribution < 1.29 is 9.60 Å². The molecule has 3 heterocycles. The average molecular weight is 657 g/mol. The third-order valence-electron chi connectivity index (χ3n) is 10.1. The Morgan fingerprint density at radius 2 is 0.882 bits per heavy atom. The molecule has 3 heteroatoms. The topological polar surface area (TPSA) is 14.8 Å². The lowest BCUT2D eigenvalue weighted by molar-refractivity contribution is 1.15. The van der Waals surface area contributed by atoms with Crippen molar-refractivity contribution in [3.05, 3.63) is 188 Å². The van der Waals surface area contributed by atoms with Crippen LogP contribution in [0.2, 0.25) is 0 Å². The normalized spacial score (nSPS) is 13.8. The number of para-hydroxylation sites is 5. The van der Waals surface area contributed by atoms with Crippen LogP contribution in [0.1, 0.15) is 9.60 Å². The van der Waals surface area contributed by atoms with Crippen molar-refractivity contribution >= 4 is 65.4 Å². The lowest BCUT2D eigenvalue weighted by atomic mass is 10.0. The molecule has 0 N–H and O–H groups in total. The van der Waals surface area contributed by atoms with Crippen molar-refractivity contribution in [3.8, 4) is 28.2 Å². The quantitative estimate of drug-likeness (QED) is 0.179. The van der Waals surface area contributed by atoms with Gasteiger partial charge in [0.05, 0.1) is 42.7 Å². The highest BCUT2D eigenvalue weighted by molar-refractivity contribution is 6.14. The Bertz CT molecular complexity index is 3530. The van der Waals surface area contributed by atoms with Crippen LogP contribution in [0.4, 0.5) is 0 Å².